The highest BCUT2D eigenvalue weighted by Gasteiger charge is 2.16. The first-order chi connectivity index (χ1) is 8.91. The summed E-state index contributed by atoms with van der Waals surface area (Å²) in [5.41, 5.74) is 9.48. The Kier molecular flexibility index (Phi) is 4.03. The molecule has 2 N–H and O–H groups in total. The number of benzene rings is 1. The third-order valence-electron chi connectivity index (χ3n) is 3.31. The molecule has 0 saturated heterocycles. The fourth-order valence-corrected chi connectivity index (χ4v) is 2.39. The Morgan fingerprint density at radius 1 is 1.26 bits per heavy atom. The molecule has 2 rings (SSSR count). The Balaban J connectivity index is 2.33. The highest BCUT2D eigenvalue weighted by Crippen LogP contribution is 2.26. The van der Waals surface area contributed by atoms with Crippen LogP contribution in [0.15, 0.2) is 24.3 Å². The first kappa shape index (κ1) is 14.2. The molecule has 1 aromatic heterocycles. The third-order valence-corrected chi connectivity index (χ3v) is 4.64. The number of anilines is 2. The monoisotopic (exact) mass is 370 g/mol. The molecule has 1 unspecified atom stereocenters. The van der Waals surface area contributed by atoms with Gasteiger partial charge in [0.25, 0.3) is 0 Å². The van der Waals surface area contributed by atoms with Gasteiger partial charge in [-0.25, -0.2) is 4.68 Å². The third kappa shape index (κ3) is 2.70. The largest absolute Gasteiger partial charge is 0.383 e. The van der Waals surface area contributed by atoms with E-state index in [0.717, 1.165) is 15.1 Å². The van der Waals surface area contributed by atoms with Gasteiger partial charge in [0.15, 0.2) is 0 Å². The van der Waals surface area contributed by atoms with Crippen LogP contribution in [0.3, 0.4) is 0 Å². The number of nitrogens with zero attached hydrogens (tertiary/aromatic N) is 3. The van der Waals surface area contributed by atoms with E-state index < -0.39 is 0 Å². The van der Waals surface area contributed by atoms with Crippen LogP contribution >= 0.6 is 22.6 Å². The van der Waals surface area contributed by atoms with Gasteiger partial charge in [0.1, 0.15) is 5.82 Å². The van der Waals surface area contributed by atoms with Crippen molar-refractivity contribution in [2.45, 2.75) is 19.9 Å². The average Bonchev–Trinajstić information content (AvgIpc) is 2.66. The Morgan fingerprint density at radius 3 is 2.26 bits per heavy atom. The van der Waals surface area contributed by atoms with Crippen molar-refractivity contribution in [2.24, 2.45) is 0 Å². The minimum Gasteiger partial charge on any atom is -0.383 e. The molecule has 0 aliphatic heterocycles. The summed E-state index contributed by atoms with van der Waals surface area (Å²) in [5.74, 6) is 0.738. The molecule has 0 aliphatic carbocycles. The minimum absolute atomic E-state index is 0.137. The summed E-state index contributed by atoms with van der Waals surface area (Å²) >= 11 is 2.24. The predicted molar refractivity (Wildman–Crippen MR) is 88.7 cm³/mol. The number of rotatable bonds is 3. The van der Waals surface area contributed by atoms with E-state index in [4.69, 9.17) is 5.73 Å². The molecule has 1 heterocycles. The predicted octanol–water partition coefficient (Wildman–Crippen LogP) is 3.05. The van der Waals surface area contributed by atoms with E-state index in [2.05, 4.69) is 63.8 Å². The number of aryl methyl sites for hydroxylation is 1. The zero-order valence-electron chi connectivity index (χ0n) is 11.7. The van der Waals surface area contributed by atoms with E-state index in [-0.39, 0.29) is 6.04 Å². The molecule has 0 fully saturated rings. The molecular weight excluding hydrogens is 351 g/mol. The quantitative estimate of drug-likeness (QED) is 0.845. The summed E-state index contributed by atoms with van der Waals surface area (Å²) in [5, 5.41) is 4.52. The van der Waals surface area contributed by atoms with Crippen molar-refractivity contribution in [3.05, 3.63) is 39.1 Å². The minimum atomic E-state index is 0.137. The van der Waals surface area contributed by atoms with E-state index >= 15 is 0 Å². The van der Waals surface area contributed by atoms with Gasteiger partial charge in [-0.2, -0.15) is 5.10 Å². The molecule has 1 aromatic carbocycles. The van der Waals surface area contributed by atoms with Crippen LogP contribution in [0.1, 0.15) is 24.2 Å². The average molecular weight is 370 g/mol. The van der Waals surface area contributed by atoms with E-state index in [1.165, 1.54) is 11.3 Å². The molecule has 2 aromatic rings. The fraction of sp³-hybridized carbons (Fsp3) is 0.357. The van der Waals surface area contributed by atoms with Crippen molar-refractivity contribution in [3.63, 3.8) is 0 Å². The molecule has 0 spiro atoms. The lowest BCUT2D eigenvalue weighted by Gasteiger charge is -2.17. The van der Waals surface area contributed by atoms with Gasteiger partial charge in [0, 0.05) is 19.8 Å². The smallest absolute Gasteiger partial charge is 0.136 e. The van der Waals surface area contributed by atoms with E-state index in [1.54, 1.807) is 0 Å². The van der Waals surface area contributed by atoms with Crippen molar-refractivity contribution in [3.8, 4) is 0 Å². The zero-order valence-corrected chi connectivity index (χ0v) is 13.8. The molecule has 4 nitrogen and oxygen atoms in total. The standard InChI is InChI=1S/C14H19IN4/c1-9-13(15)14(16)19(17-9)10(2)11-5-7-12(8-6-11)18(3)4/h5-8,10H,16H2,1-4H3. The van der Waals surface area contributed by atoms with Crippen LogP contribution in [0, 0.1) is 10.5 Å². The maximum absolute atomic E-state index is 6.10. The highest BCUT2D eigenvalue weighted by molar-refractivity contribution is 14.1. The Bertz CT molecular complexity index is 572. The molecule has 0 aliphatic rings. The summed E-state index contributed by atoms with van der Waals surface area (Å²) in [6.45, 7) is 4.10. The summed E-state index contributed by atoms with van der Waals surface area (Å²) in [6.07, 6.45) is 0. The van der Waals surface area contributed by atoms with E-state index in [9.17, 15) is 0 Å². The van der Waals surface area contributed by atoms with Crippen LogP contribution in [-0.4, -0.2) is 23.9 Å². The van der Waals surface area contributed by atoms with Gasteiger partial charge >= 0.3 is 0 Å². The van der Waals surface area contributed by atoms with E-state index in [1.807, 2.05) is 25.7 Å². The second kappa shape index (κ2) is 5.40. The number of hydrogen-bond acceptors (Lipinski definition) is 3. The number of halogens is 1. The molecule has 0 amide bonds. The van der Waals surface area contributed by atoms with Crippen LogP contribution < -0.4 is 10.6 Å². The molecule has 0 saturated carbocycles. The Morgan fingerprint density at radius 2 is 1.84 bits per heavy atom. The molecule has 102 valence electrons. The lowest BCUT2D eigenvalue weighted by molar-refractivity contribution is 0.569. The molecular formula is C14H19IN4. The number of nitrogens with two attached hydrogens (primary N) is 1. The summed E-state index contributed by atoms with van der Waals surface area (Å²) in [7, 11) is 4.07. The van der Waals surface area contributed by atoms with Gasteiger partial charge in [0.2, 0.25) is 0 Å². The number of nitrogen functional groups attached to an aromatic ring is 1. The van der Waals surface area contributed by atoms with Crippen LogP contribution in [0.2, 0.25) is 0 Å². The summed E-state index contributed by atoms with van der Waals surface area (Å²) in [6, 6.07) is 8.62. The van der Waals surface area contributed by atoms with Gasteiger partial charge in [-0.15, -0.1) is 0 Å². The first-order valence-electron chi connectivity index (χ1n) is 6.19. The topological polar surface area (TPSA) is 47.1 Å². The molecule has 1 atom stereocenters. The Hall–Kier alpha value is -1.24. The molecule has 0 radical (unpaired) electrons. The summed E-state index contributed by atoms with van der Waals surface area (Å²) in [4.78, 5) is 2.09. The molecule has 19 heavy (non-hydrogen) atoms. The number of aromatic nitrogens is 2. The van der Waals surface area contributed by atoms with Gasteiger partial charge in [-0.1, -0.05) is 12.1 Å². The molecule has 0 bridgehead atoms. The van der Waals surface area contributed by atoms with Crippen molar-refractivity contribution in [2.75, 3.05) is 24.7 Å². The second-order valence-corrected chi connectivity index (χ2v) is 5.97. The van der Waals surface area contributed by atoms with Crippen LogP contribution in [0.25, 0.3) is 0 Å². The zero-order chi connectivity index (χ0) is 14.2. The Labute approximate surface area is 127 Å². The van der Waals surface area contributed by atoms with Crippen LogP contribution in [0.4, 0.5) is 11.5 Å². The molecule has 5 heteroatoms. The normalized spacial score (nSPS) is 12.5. The van der Waals surface area contributed by atoms with Gasteiger partial charge in [-0.3, -0.25) is 0 Å². The lowest BCUT2D eigenvalue weighted by atomic mass is 10.1. The lowest BCUT2D eigenvalue weighted by Crippen LogP contribution is -2.13. The SMILES string of the molecule is Cc1nn(C(C)c2ccc(N(C)C)cc2)c(N)c1I. The second-order valence-electron chi connectivity index (χ2n) is 4.89. The van der Waals surface area contributed by atoms with Gasteiger partial charge in [-0.05, 0) is 54.1 Å². The van der Waals surface area contributed by atoms with Gasteiger partial charge < -0.3 is 10.6 Å². The van der Waals surface area contributed by atoms with Crippen molar-refractivity contribution in [1.82, 2.24) is 9.78 Å². The maximum atomic E-state index is 6.10. The van der Waals surface area contributed by atoms with Crippen molar-refractivity contribution >= 4 is 34.1 Å². The van der Waals surface area contributed by atoms with Crippen LogP contribution in [0.5, 0.6) is 0 Å². The van der Waals surface area contributed by atoms with Crippen LogP contribution in [-0.2, 0) is 0 Å². The van der Waals surface area contributed by atoms with Crippen molar-refractivity contribution < 1.29 is 0 Å². The first-order valence-corrected chi connectivity index (χ1v) is 7.27. The number of hydrogen-bond donors (Lipinski definition) is 1. The fourth-order valence-electron chi connectivity index (χ4n) is 2.03. The maximum Gasteiger partial charge on any atom is 0.136 e. The summed E-state index contributed by atoms with van der Waals surface area (Å²) < 4.78 is 2.93. The van der Waals surface area contributed by atoms with E-state index in [0.29, 0.717) is 0 Å². The van der Waals surface area contributed by atoms with Crippen molar-refractivity contribution in [1.29, 1.82) is 0 Å². The van der Waals surface area contributed by atoms with Gasteiger partial charge in [0.05, 0.1) is 15.3 Å². The highest BCUT2D eigenvalue weighted by atomic mass is 127.